The summed E-state index contributed by atoms with van der Waals surface area (Å²) < 4.78 is 0. The number of rotatable bonds is 4. The van der Waals surface area contributed by atoms with Crippen molar-refractivity contribution in [1.82, 2.24) is 4.90 Å². The number of carbonyl (C=O) groups excluding carboxylic acids is 1. The van der Waals surface area contributed by atoms with E-state index in [0.29, 0.717) is 12.5 Å². The molecule has 0 radical (unpaired) electrons. The molecule has 0 aromatic rings. The van der Waals surface area contributed by atoms with Gasteiger partial charge in [0.15, 0.2) is 0 Å². The Balaban J connectivity index is 2.47. The topological polar surface area (TPSA) is 20.3 Å². The van der Waals surface area contributed by atoms with Gasteiger partial charge in [0.25, 0.3) is 0 Å². The van der Waals surface area contributed by atoms with E-state index in [0.717, 1.165) is 6.54 Å². The van der Waals surface area contributed by atoms with Crippen LogP contribution >= 0.6 is 0 Å². The Labute approximate surface area is 80.3 Å². The average Bonchev–Trinajstić information content (AvgIpc) is 2.95. The van der Waals surface area contributed by atoms with Gasteiger partial charge in [-0.05, 0) is 25.7 Å². The van der Waals surface area contributed by atoms with E-state index in [1.807, 2.05) is 13.8 Å². The van der Waals surface area contributed by atoms with E-state index in [1.165, 1.54) is 12.8 Å². The summed E-state index contributed by atoms with van der Waals surface area (Å²) in [6, 6.07) is 0. The SMILES string of the molecule is C#CCN(CC)C(=O)C(C)C1CC1. The number of nitrogens with zero attached hydrogens (tertiary/aromatic N) is 1. The molecule has 1 fully saturated rings. The first-order valence-corrected chi connectivity index (χ1v) is 4.93. The molecule has 1 saturated carbocycles. The average molecular weight is 179 g/mol. The summed E-state index contributed by atoms with van der Waals surface area (Å²) in [5, 5.41) is 0. The molecule has 72 valence electrons. The zero-order chi connectivity index (χ0) is 9.84. The first kappa shape index (κ1) is 10.1. The number of hydrogen-bond acceptors (Lipinski definition) is 1. The lowest BCUT2D eigenvalue weighted by Crippen LogP contribution is -2.36. The Morgan fingerprint density at radius 3 is 2.69 bits per heavy atom. The lowest BCUT2D eigenvalue weighted by molar-refractivity contribution is -0.134. The highest BCUT2D eigenvalue weighted by Gasteiger charge is 2.34. The van der Waals surface area contributed by atoms with Gasteiger partial charge in [-0.3, -0.25) is 4.79 Å². The third-order valence-corrected chi connectivity index (χ3v) is 2.69. The zero-order valence-corrected chi connectivity index (χ0v) is 8.42. The second-order valence-corrected chi connectivity index (χ2v) is 3.68. The molecule has 1 aliphatic carbocycles. The summed E-state index contributed by atoms with van der Waals surface area (Å²) in [5.74, 6) is 3.54. The molecule has 0 bridgehead atoms. The lowest BCUT2D eigenvalue weighted by atomic mass is 10.1. The van der Waals surface area contributed by atoms with Crippen LogP contribution in [-0.2, 0) is 4.79 Å². The highest BCUT2D eigenvalue weighted by Crippen LogP contribution is 2.37. The summed E-state index contributed by atoms with van der Waals surface area (Å²) in [6.45, 7) is 5.15. The first-order chi connectivity index (χ1) is 6.20. The first-order valence-electron chi connectivity index (χ1n) is 4.93. The maximum atomic E-state index is 11.8. The van der Waals surface area contributed by atoms with E-state index in [9.17, 15) is 4.79 Å². The minimum Gasteiger partial charge on any atom is -0.332 e. The lowest BCUT2D eigenvalue weighted by Gasteiger charge is -2.21. The summed E-state index contributed by atoms with van der Waals surface area (Å²) in [7, 11) is 0. The van der Waals surface area contributed by atoms with Crippen LogP contribution in [0, 0.1) is 24.2 Å². The zero-order valence-electron chi connectivity index (χ0n) is 8.42. The molecule has 0 heterocycles. The van der Waals surface area contributed by atoms with Gasteiger partial charge in [-0.1, -0.05) is 12.8 Å². The molecule has 0 spiro atoms. The molecule has 2 nitrogen and oxygen atoms in total. The summed E-state index contributed by atoms with van der Waals surface area (Å²) in [4.78, 5) is 13.5. The summed E-state index contributed by atoms with van der Waals surface area (Å²) >= 11 is 0. The molecular formula is C11H17NO. The molecular weight excluding hydrogens is 162 g/mol. The van der Waals surface area contributed by atoms with Crippen LogP contribution in [0.2, 0.25) is 0 Å². The molecule has 13 heavy (non-hydrogen) atoms. The van der Waals surface area contributed by atoms with Crippen molar-refractivity contribution in [2.45, 2.75) is 26.7 Å². The molecule has 0 N–H and O–H groups in total. The Bertz CT molecular complexity index is 225. The van der Waals surface area contributed by atoms with Gasteiger partial charge < -0.3 is 4.90 Å². The van der Waals surface area contributed by atoms with Crippen LogP contribution in [0.3, 0.4) is 0 Å². The fourth-order valence-electron chi connectivity index (χ4n) is 1.54. The highest BCUT2D eigenvalue weighted by atomic mass is 16.2. The van der Waals surface area contributed by atoms with Crippen LogP contribution in [0.15, 0.2) is 0 Å². The molecule has 0 aliphatic heterocycles. The van der Waals surface area contributed by atoms with Gasteiger partial charge in [0.05, 0.1) is 6.54 Å². The Kier molecular flexibility index (Phi) is 3.36. The molecule has 1 unspecified atom stereocenters. The van der Waals surface area contributed by atoms with Crippen molar-refractivity contribution in [2.24, 2.45) is 11.8 Å². The molecule has 0 aromatic carbocycles. The standard InChI is InChI=1S/C11H17NO/c1-4-8-12(5-2)11(13)9(3)10-6-7-10/h1,9-10H,5-8H2,2-3H3. The summed E-state index contributed by atoms with van der Waals surface area (Å²) in [5.41, 5.74) is 0. The highest BCUT2D eigenvalue weighted by molar-refractivity contribution is 5.79. The van der Waals surface area contributed by atoms with Gasteiger partial charge in [-0.25, -0.2) is 0 Å². The van der Waals surface area contributed by atoms with Gasteiger partial charge in [0.2, 0.25) is 5.91 Å². The van der Waals surface area contributed by atoms with Crippen molar-refractivity contribution in [3.05, 3.63) is 0 Å². The second-order valence-electron chi connectivity index (χ2n) is 3.68. The fraction of sp³-hybridized carbons (Fsp3) is 0.727. The van der Waals surface area contributed by atoms with Crippen molar-refractivity contribution < 1.29 is 4.79 Å². The van der Waals surface area contributed by atoms with E-state index in [4.69, 9.17) is 6.42 Å². The summed E-state index contributed by atoms with van der Waals surface area (Å²) in [6.07, 6.45) is 7.61. The van der Waals surface area contributed by atoms with Gasteiger partial charge in [-0.15, -0.1) is 6.42 Å². The van der Waals surface area contributed by atoms with Crippen molar-refractivity contribution in [1.29, 1.82) is 0 Å². The third kappa shape index (κ3) is 2.48. The van der Waals surface area contributed by atoms with Crippen molar-refractivity contribution in [3.8, 4) is 12.3 Å². The van der Waals surface area contributed by atoms with E-state index in [-0.39, 0.29) is 11.8 Å². The van der Waals surface area contributed by atoms with Crippen LogP contribution < -0.4 is 0 Å². The maximum absolute atomic E-state index is 11.8. The van der Waals surface area contributed by atoms with E-state index in [1.54, 1.807) is 4.90 Å². The molecule has 0 saturated heterocycles. The van der Waals surface area contributed by atoms with Crippen LogP contribution in [-0.4, -0.2) is 23.9 Å². The third-order valence-electron chi connectivity index (χ3n) is 2.69. The smallest absolute Gasteiger partial charge is 0.226 e. The maximum Gasteiger partial charge on any atom is 0.226 e. The van der Waals surface area contributed by atoms with Crippen LogP contribution in [0.5, 0.6) is 0 Å². The normalized spacial score (nSPS) is 17.6. The second kappa shape index (κ2) is 4.32. The predicted molar refractivity (Wildman–Crippen MR) is 53.0 cm³/mol. The molecule has 1 aliphatic rings. The van der Waals surface area contributed by atoms with Crippen molar-refractivity contribution in [2.75, 3.05) is 13.1 Å². The van der Waals surface area contributed by atoms with E-state index in [2.05, 4.69) is 5.92 Å². The van der Waals surface area contributed by atoms with E-state index < -0.39 is 0 Å². The quantitative estimate of drug-likeness (QED) is 0.599. The largest absolute Gasteiger partial charge is 0.332 e. The molecule has 2 heteroatoms. The number of amides is 1. The van der Waals surface area contributed by atoms with E-state index >= 15 is 0 Å². The van der Waals surface area contributed by atoms with Gasteiger partial charge in [0.1, 0.15) is 0 Å². The van der Waals surface area contributed by atoms with Gasteiger partial charge in [0, 0.05) is 12.5 Å². The van der Waals surface area contributed by atoms with Crippen molar-refractivity contribution in [3.63, 3.8) is 0 Å². The van der Waals surface area contributed by atoms with Crippen molar-refractivity contribution >= 4 is 5.91 Å². The molecule has 1 atom stereocenters. The molecule has 0 aromatic heterocycles. The Morgan fingerprint density at radius 1 is 1.69 bits per heavy atom. The van der Waals surface area contributed by atoms with Crippen LogP contribution in [0.25, 0.3) is 0 Å². The minimum absolute atomic E-state index is 0.174. The molecule has 1 amide bonds. The fourth-order valence-corrected chi connectivity index (χ4v) is 1.54. The Hall–Kier alpha value is -0.970. The predicted octanol–water partition coefficient (Wildman–Crippen LogP) is 1.51. The molecule has 1 rings (SSSR count). The number of terminal acetylenes is 1. The Morgan fingerprint density at radius 2 is 2.31 bits per heavy atom. The van der Waals surface area contributed by atoms with Gasteiger partial charge >= 0.3 is 0 Å². The number of hydrogen-bond donors (Lipinski definition) is 0. The van der Waals surface area contributed by atoms with Crippen LogP contribution in [0.4, 0.5) is 0 Å². The number of carbonyl (C=O) groups is 1. The van der Waals surface area contributed by atoms with Gasteiger partial charge in [-0.2, -0.15) is 0 Å². The van der Waals surface area contributed by atoms with Crippen LogP contribution in [0.1, 0.15) is 26.7 Å². The monoisotopic (exact) mass is 179 g/mol. The minimum atomic E-state index is 0.174.